The van der Waals surface area contributed by atoms with Crippen molar-refractivity contribution in [3.63, 3.8) is 0 Å². The van der Waals surface area contributed by atoms with Gasteiger partial charge in [-0.2, -0.15) is 0 Å². The van der Waals surface area contributed by atoms with Gasteiger partial charge in [0.1, 0.15) is 6.42 Å². The summed E-state index contributed by atoms with van der Waals surface area (Å²) in [6.07, 6.45) is -1.18. The average Bonchev–Trinajstić information content (AvgIpc) is 2.13. The van der Waals surface area contributed by atoms with E-state index < -0.39 is 18.3 Å². The van der Waals surface area contributed by atoms with E-state index in [2.05, 4.69) is 0 Å². The molecule has 0 unspecified atom stereocenters. The maximum atomic E-state index is 13.9. The van der Waals surface area contributed by atoms with Crippen molar-refractivity contribution >= 4 is 5.97 Å². The number of rotatable bonds is 3. The molecule has 1 aromatic carbocycles. The lowest BCUT2D eigenvalue weighted by Gasteiger charge is -2.23. The molecule has 0 heterocycles. The number of carbonyl (C=O) groups is 1. The van der Waals surface area contributed by atoms with Gasteiger partial charge in [0.2, 0.25) is 0 Å². The Hall–Kier alpha value is -1.45. The number of alkyl halides is 2. The van der Waals surface area contributed by atoms with Crippen molar-refractivity contribution in [2.45, 2.75) is 45.5 Å². The number of hydrogen-bond donors (Lipinski definition) is 1. The third-order valence-corrected chi connectivity index (χ3v) is 2.87. The number of carboxylic acid groups (broad SMARTS) is 1. The predicted octanol–water partition coefficient (Wildman–Crippen LogP) is 3.86. The highest BCUT2D eigenvalue weighted by atomic mass is 19.3. The molecule has 2 nitrogen and oxygen atoms in total. The van der Waals surface area contributed by atoms with E-state index in [1.807, 2.05) is 20.8 Å². The third-order valence-electron chi connectivity index (χ3n) is 2.87. The monoisotopic (exact) mass is 256 g/mol. The van der Waals surface area contributed by atoms with Crippen molar-refractivity contribution in [1.29, 1.82) is 0 Å². The minimum absolute atomic E-state index is 0.197. The number of halogens is 2. The van der Waals surface area contributed by atoms with Crippen LogP contribution < -0.4 is 0 Å². The number of hydrogen-bond acceptors (Lipinski definition) is 1. The molecule has 0 aliphatic rings. The number of aliphatic carboxylic acids is 1. The second-order valence-electron chi connectivity index (χ2n) is 5.55. The van der Waals surface area contributed by atoms with Gasteiger partial charge < -0.3 is 5.11 Å². The molecule has 1 aromatic rings. The highest BCUT2D eigenvalue weighted by molar-refractivity contribution is 5.68. The predicted molar refractivity (Wildman–Crippen MR) is 66.0 cm³/mol. The first-order valence-corrected chi connectivity index (χ1v) is 5.75. The van der Waals surface area contributed by atoms with Crippen molar-refractivity contribution in [3.05, 3.63) is 34.9 Å². The van der Waals surface area contributed by atoms with Crippen LogP contribution in [0, 0.1) is 6.92 Å². The Bertz CT molecular complexity index is 459. The van der Waals surface area contributed by atoms with Crippen LogP contribution in [0.5, 0.6) is 0 Å². The minimum Gasteiger partial charge on any atom is -0.481 e. The lowest BCUT2D eigenvalue weighted by Crippen LogP contribution is -2.21. The summed E-state index contributed by atoms with van der Waals surface area (Å²) in [7, 11) is 0. The molecule has 0 radical (unpaired) electrons. The van der Waals surface area contributed by atoms with Gasteiger partial charge in [0.25, 0.3) is 5.92 Å². The second kappa shape index (κ2) is 4.67. The summed E-state index contributed by atoms with van der Waals surface area (Å²) in [6, 6.07) is 4.83. The van der Waals surface area contributed by atoms with Gasteiger partial charge >= 0.3 is 5.97 Å². The van der Waals surface area contributed by atoms with Crippen LogP contribution in [0.3, 0.4) is 0 Å². The molecule has 18 heavy (non-hydrogen) atoms. The SMILES string of the molecule is Cc1ccc(C(C)(C)C)cc1C(F)(F)CC(=O)O. The maximum Gasteiger partial charge on any atom is 0.309 e. The summed E-state index contributed by atoms with van der Waals surface area (Å²) in [5, 5.41) is 8.55. The highest BCUT2D eigenvalue weighted by Crippen LogP contribution is 2.36. The van der Waals surface area contributed by atoms with Gasteiger partial charge in [-0.05, 0) is 29.5 Å². The molecule has 0 fully saturated rings. The van der Waals surface area contributed by atoms with Crippen molar-refractivity contribution in [2.75, 3.05) is 0 Å². The van der Waals surface area contributed by atoms with E-state index in [9.17, 15) is 13.6 Å². The van der Waals surface area contributed by atoms with Crippen molar-refractivity contribution in [2.24, 2.45) is 0 Å². The molecule has 0 aromatic heterocycles. The molecule has 0 atom stereocenters. The summed E-state index contributed by atoms with van der Waals surface area (Å²) in [6.45, 7) is 7.35. The van der Waals surface area contributed by atoms with E-state index in [4.69, 9.17) is 5.11 Å². The van der Waals surface area contributed by atoms with Crippen molar-refractivity contribution in [1.82, 2.24) is 0 Å². The van der Waals surface area contributed by atoms with E-state index in [1.165, 1.54) is 6.07 Å². The van der Waals surface area contributed by atoms with E-state index in [-0.39, 0.29) is 11.0 Å². The molecule has 1 N–H and O–H groups in total. The summed E-state index contributed by atoms with van der Waals surface area (Å²) in [5.41, 5.74) is 0.738. The summed E-state index contributed by atoms with van der Waals surface area (Å²) < 4.78 is 27.7. The van der Waals surface area contributed by atoms with Gasteiger partial charge in [-0.25, -0.2) is 8.78 Å². The molecule has 0 spiro atoms. The van der Waals surface area contributed by atoms with E-state index in [1.54, 1.807) is 19.1 Å². The molecule has 4 heteroatoms. The largest absolute Gasteiger partial charge is 0.481 e. The topological polar surface area (TPSA) is 37.3 Å². The Balaban J connectivity index is 3.27. The molecule has 1 rings (SSSR count). The zero-order valence-corrected chi connectivity index (χ0v) is 11.1. The fourth-order valence-electron chi connectivity index (χ4n) is 1.77. The Kier molecular flexibility index (Phi) is 3.79. The lowest BCUT2D eigenvalue weighted by molar-refractivity contribution is -0.145. The first-order chi connectivity index (χ1) is 8.04. The van der Waals surface area contributed by atoms with Crippen LogP contribution in [0.15, 0.2) is 18.2 Å². The van der Waals surface area contributed by atoms with Crippen molar-refractivity contribution < 1.29 is 18.7 Å². The molecule has 0 bridgehead atoms. The molecule has 0 aliphatic heterocycles. The molecular formula is C14H18F2O2. The van der Waals surface area contributed by atoms with Gasteiger partial charge in [-0.3, -0.25) is 4.79 Å². The number of aryl methyl sites for hydroxylation is 1. The molecule has 0 saturated carbocycles. The van der Waals surface area contributed by atoms with Crippen LogP contribution in [-0.4, -0.2) is 11.1 Å². The maximum absolute atomic E-state index is 13.9. The van der Waals surface area contributed by atoms with E-state index in [0.29, 0.717) is 5.56 Å². The first-order valence-electron chi connectivity index (χ1n) is 5.75. The van der Waals surface area contributed by atoms with Gasteiger partial charge in [0.05, 0.1) is 0 Å². The zero-order chi connectivity index (χ0) is 14.1. The number of carboxylic acids is 1. The smallest absolute Gasteiger partial charge is 0.309 e. The van der Waals surface area contributed by atoms with Crippen LogP contribution in [0.2, 0.25) is 0 Å². The molecule has 100 valence electrons. The third kappa shape index (κ3) is 3.28. The normalized spacial score (nSPS) is 12.6. The molecule has 0 amide bonds. The molecular weight excluding hydrogens is 238 g/mol. The van der Waals surface area contributed by atoms with Crippen LogP contribution in [0.4, 0.5) is 8.78 Å². The van der Waals surface area contributed by atoms with Crippen LogP contribution in [0.1, 0.15) is 43.9 Å². The van der Waals surface area contributed by atoms with Crippen LogP contribution in [0.25, 0.3) is 0 Å². The Morgan fingerprint density at radius 1 is 1.28 bits per heavy atom. The standard InChI is InChI=1S/C14H18F2O2/c1-9-5-6-10(13(2,3)4)7-11(9)14(15,16)8-12(17)18/h5-7H,8H2,1-4H3,(H,17,18). The van der Waals surface area contributed by atoms with Gasteiger partial charge in [-0.1, -0.05) is 32.9 Å². The summed E-state index contributed by atoms with van der Waals surface area (Å²) in [5.74, 6) is -4.84. The van der Waals surface area contributed by atoms with E-state index in [0.717, 1.165) is 5.56 Å². The lowest BCUT2D eigenvalue weighted by atomic mass is 9.84. The summed E-state index contributed by atoms with van der Waals surface area (Å²) in [4.78, 5) is 10.5. The summed E-state index contributed by atoms with van der Waals surface area (Å²) >= 11 is 0. The first kappa shape index (κ1) is 14.6. The quantitative estimate of drug-likeness (QED) is 0.891. The molecule has 0 aliphatic carbocycles. The fraction of sp³-hybridized carbons (Fsp3) is 0.500. The minimum atomic E-state index is -3.34. The fourth-order valence-corrected chi connectivity index (χ4v) is 1.77. The Morgan fingerprint density at radius 3 is 2.28 bits per heavy atom. The molecule has 0 saturated heterocycles. The van der Waals surface area contributed by atoms with E-state index >= 15 is 0 Å². The average molecular weight is 256 g/mol. The van der Waals surface area contributed by atoms with Gasteiger partial charge in [-0.15, -0.1) is 0 Å². The zero-order valence-electron chi connectivity index (χ0n) is 11.1. The number of benzene rings is 1. The van der Waals surface area contributed by atoms with Crippen molar-refractivity contribution in [3.8, 4) is 0 Å². The van der Waals surface area contributed by atoms with Gasteiger partial charge in [0.15, 0.2) is 0 Å². The van der Waals surface area contributed by atoms with Crippen LogP contribution >= 0.6 is 0 Å². The van der Waals surface area contributed by atoms with Crippen LogP contribution in [-0.2, 0) is 16.1 Å². The second-order valence-corrected chi connectivity index (χ2v) is 5.55. The highest BCUT2D eigenvalue weighted by Gasteiger charge is 2.36. The van der Waals surface area contributed by atoms with Gasteiger partial charge in [0, 0.05) is 5.56 Å². The Labute approximate surface area is 106 Å². The Morgan fingerprint density at radius 2 is 1.83 bits per heavy atom.